The Labute approximate surface area is 187 Å². The summed E-state index contributed by atoms with van der Waals surface area (Å²) in [7, 11) is 0. The molecule has 1 heterocycles. The number of hydrogen-bond acceptors (Lipinski definition) is 4. The van der Waals surface area contributed by atoms with Crippen LogP contribution in [0.2, 0.25) is 0 Å². The summed E-state index contributed by atoms with van der Waals surface area (Å²) in [4.78, 5) is 13.2. The van der Waals surface area contributed by atoms with E-state index in [0.717, 1.165) is 22.3 Å². The first-order valence-corrected chi connectivity index (χ1v) is 11.0. The van der Waals surface area contributed by atoms with E-state index in [0.29, 0.717) is 16.7 Å². The number of fused-ring (bicyclic) bond motifs is 1. The van der Waals surface area contributed by atoms with Gasteiger partial charge >= 0.3 is 5.63 Å². The molecule has 0 saturated carbocycles. The van der Waals surface area contributed by atoms with Gasteiger partial charge < -0.3 is 14.6 Å². The topological polar surface area (TPSA) is 70.7 Å². The zero-order valence-electron chi connectivity index (χ0n) is 18.8. The van der Waals surface area contributed by atoms with Crippen molar-refractivity contribution in [3.63, 3.8) is 0 Å². The molecule has 0 aliphatic carbocycles. The molecule has 0 fully saturated rings. The lowest BCUT2D eigenvalue weighted by atomic mass is 9.81. The van der Waals surface area contributed by atoms with Gasteiger partial charge in [-0.15, -0.1) is 0 Å². The number of aromatic hydroxyl groups is 2. The van der Waals surface area contributed by atoms with Gasteiger partial charge in [0.15, 0.2) is 0 Å². The van der Waals surface area contributed by atoms with Crippen LogP contribution >= 0.6 is 0 Å². The highest BCUT2D eigenvalue weighted by Gasteiger charge is 2.28. The van der Waals surface area contributed by atoms with Crippen molar-refractivity contribution in [2.75, 3.05) is 0 Å². The van der Waals surface area contributed by atoms with E-state index in [1.54, 1.807) is 24.3 Å². The molecular weight excluding hydrogens is 400 g/mol. The smallest absolute Gasteiger partial charge is 0.344 e. The van der Waals surface area contributed by atoms with Crippen molar-refractivity contribution < 1.29 is 14.6 Å². The quantitative estimate of drug-likeness (QED) is 0.350. The minimum atomic E-state index is -0.569. The average Bonchev–Trinajstić information content (AvgIpc) is 2.77. The molecule has 0 saturated heterocycles. The second kappa shape index (κ2) is 8.54. The third-order valence-electron chi connectivity index (χ3n) is 6.01. The van der Waals surface area contributed by atoms with Crippen molar-refractivity contribution in [1.29, 1.82) is 0 Å². The molecule has 4 rings (SSSR count). The van der Waals surface area contributed by atoms with E-state index >= 15 is 0 Å². The lowest BCUT2D eigenvalue weighted by Gasteiger charge is -2.23. The van der Waals surface area contributed by atoms with Crippen molar-refractivity contribution in [3.05, 3.63) is 105 Å². The summed E-state index contributed by atoms with van der Waals surface area (Å²) in [6.07, 6.45) is 0. The van der Waals surface area contributed by atoms with Gasteiger partial charge in [0, 0.05) is 5.92 Å². The monoisotopic (exact) mass is 428 g/mol. The maximum atomic E-state index is 13.2. The molecule has 0 bridgehead atoms. The van der Waals surface area contributed by atoms with Crippen molar-refractivity contribution in [2.45, 2.75) is 45.4 Å². The molecule has 0 spiro atoms. The highest BCUT2D eigenvalue weighted by Crippen LogP contribution is 2.42. The van der Waals surface area contributed by atoms with Crippen LogP contribution in [0.3, 0.4) is 0 Å². The van der Waals surface area contributed by atoms with Crippen LogP contribution in [0.1, 0.15) is 73.3 Å². The van der Waals surface area contributed by atoms with Crippen molar-refractivity contribution >= 4 is 11.0 Å². The van der Waals surface area contributed by atoms with Crippen molar-refractivity contribution in [2.24, 2.45) is 0 Å². The van der Waals surface area contributed by atoms with E-state index in [9.17, 15) is 15.0 Å². The van der Waals surface area contributed by atoms with Gasteiger partial charge in [-0.25, -0.2) is 4.79 Å². The molecule has 1 aromatic heterocycles. The Hall–Kier alpha value is -3.53. The number of phenolic OH excluding ortho intramolecular Hbond substituents is 1. The first kappa shape index (κ1) is 21.7. The molecule has 4 nitrogen and oxygen atoms in total. The van der Waals surface area contributed by atoms with E-state index in [2.05, 4.69) is 0 Å². The molecule has 164 valence electrons. The van der Waals surface area contributed by atoms with Crippen LogP contribution in [0.15, 0.2) is 75.9 Å². The van der Waals surface area contributed by atoms with E-state index < -0.39 is 11.5 Å². The van der Waals surface area contributed by atoms with Crippen LogP contribution < -0.4 is 5.63 Å². The molecule has 0 aliphatic heterocycles. The maximum Gasteiger partial charge on any atom is 0.344 e. The third kappa shape index (κ3) is 3.77. The fraction of sp³-hybridized carbons (Fsp3) is 0.250. The van der Waals surface area contributed by atoms with E-state index in [-0.39, 0.29) is 23.1 Å². The number of para-hydroxylation sites is 1. The number of phenols is 1. The Balaban J connectivity index is 2.08. The van der Waals surface area contributed by atoms with Crippen LogP contribution in [0.25, 0.3) is 11.0 Å². The lowest BCUT2D eigenvalue weighted by molar-refractivity contribution is 0.452. The maximum absolute atomic E-state index is 13.2. The fourth-order valence-corrected chi connectivity index (χ4v) is 4.32. The zero-order valence-corrected chi connectivity index (χ0v) is 18.8. The predicted octanol–water partition coefficient (Wildman–Crippen LogP) is 6.63. The van der Waals surface area contributed by atoms with Gasteiger partial charge in [0.25, 0.3) is 0 Å². The van der Waals surface area contributed by atoms with Gasteiger partial charge in [-0.05, 0) is 46.2 Å². The van der Waals surface area contributed by atoms with Crippen LogP contribution in [0, 0.1) is 0 Å². The summed E-state index contributed by atoms with van der Waals surface area (Å²) >= 11 is 0. The molecule has 1 unspecified atom stereocenters. The van der Waals surface area contributed by atoms with Gasteiger partial charge in [0.2, 0.25) is 0 Å². The molecule has 4 aromatic rings. The molecule has 3 aromatic carbocycles. The largest absolute Gasteiger partial charge is 0.507 e. The van der Waals surface area contributed by atoms with Gasteiger partial charge in [-0.1, -0.05) is 82.3 Å². The standard InChI is InChI=1S/C28H28O4/c1-16(2)21-14-19(15-22(17(3)4)26(21)29)24(18-10-6-5-7-11-18)25-27(30)20-12-8-9-13-23(20)32-28(25)31/h5-17,24,29-30H,1-4H3. The van der Waals surface area contributed by atoms with Crippen LogP contribution in [-0.4, -0.2) is 10.2 Å². The Morgan fingerprint density at radius 1 is 0.719 bits per heavy atom. The summed E-state index contributed by atoms with van der Waals surface area (Å²) in [6, 6.07) is 20.5. The fourth-order valence-electron chi connectivity index (χ4n) is 4.32. The van der Waals surface area contributed by atoms with Gasteiger partial charge in [-0.3, -0.25) is 0 Å². The summed E-state index contributed by atoms with van der Waals surface area (Å²) in [5.41, 5.74) is 3.31. The average molecular weight is 429 g/mol. The Morgan fingerprint density at radius 3 is 1.88 bits per heavy atom. The SMILES string of the molecule is CC(C)c1cc(C(c2ccccc2)c2c(O)c3ccccc3oc2=O)cc(C(C)C)c1O. The summed E-state index contributed by atoms with van der Waals surface area (Å²) in [6.45, 7) is 8.12. The van der Waals surface area contributed by atoms with Gasteiger partial charge in [0.05, 0.1) is 10.9 Å². The van der Waals surface area contributed by atoms with E-state index in [1.165, 1.54) is 0 Å². The van der Waals surface area contributed by atoms with Gasteiger partial charge in [0.1, 0.15) is 17.1 Å². The second-order valence-electron chi connectivity index (χ2n) is 8.85. The molecule has 0 amide bonds. The molecule has 0 radical (unpaired) electrons. The summed E-state index contributed by atoms with van der Waals surface area (Å²) < 4.78 is 5.61. The van der Waals surface area contributed by atoms with Crippen LogP contribution in [-0.2, 0) is 0 Å². The van der Waals surface area contributed by atoms with E-state index in [1.807, 2.05) is 70.2 Å². The van der Waals surface area contributed by atoms with Crippen molar-refractivity contribution in [3.8, 4) is 11.5 Å². The lowest BCUT2D eigenvalue weighted by Crippen LogP contribution is -2.16. The molecule has 1 atom stereocenters. The van der Waals surface area contributed by atoms with Crippen LogP contribution in [0.5, 0.6) is 11.5 Å². The minimum absolute atomic E-state index is 0.0732. The molecular formula is C28H28O4. The number of benzene rings is 3. The number of hydrogen-bond donors (Lipinski definition) is 2. The first-order chi connectivity index (χ1) is 15.3. The first-order valence-electron chi connectivity index (χ1n) is 11.0. The van der Waals surface area contributed by atoms with Crippen LogP contribution in [0.4, 0.5) is 0 Å². The normalized spacial score (nSPS) is 12.6. The number of rotatable bonds is 5. The highest BCUT2D eigenvalue weighted by molar-refractivity contribution is 5.84. The highest BCUT2D eigenvalue weighted by atomic mass is 16.4. The Kier molecular flexibility index (Phi) is 5.79. The minimum Gasteiger partial charge on any atom is -0.507 e. The molecule has 4 heteroatoms. The Bertz CT molecular complexity index is 1290. The summed E-state index contributed by atoms with van der Waals surface area (Å²) in [5, 5.41) is 22.6. The third-order valence-corrected chi connectivity index (χ3v) is 6.01. The van der Waals surface area contributed by atoms with Crippen molar-refractivity contribution in [1.82, 2.24) is 0 Å². The van der Waals surface area contributed by atoms with E-state index in [4.69, 9.17) is 4.42 Å². The molecule has 32 heavy (non-hydrogen) atoms. The zero-order chi connectivity index (χ0) is 23.0. The predicted molar refractivity (Wildman–Crippen MR) is 128 cm³/mol. The van der Waals surface area contributed by atoms with Gasteiger partial charge in [-0.2, -0.15) is 0 Å². The molecule has 2 N–H and O–H groups in total. The summed E-state index contributed by atoms with van der Waals surface area (Å²) in [5.74, 6) is -0.153. The second-order valence-corrected chi connectivity index (χ2v) is 8.85. The Morgan fingerprint density at radius 2 is 1.28 bits per heavy atom. The molecule has 0 aliphatic rings.